The fraction of sp³-hybridized carbons (Fsp3) is 0.538. The predicted molar refractivity (Wildman–Crippen MR) is 183 cm³/mol. The van der Waals surface area contributed by atoms with Crippen LogP contribution in [0.1, 0.15) is 93.9 Å². The first-order chi connectivity index (χ1) is 21.9. The zero-order chi connectivity index (χ0) is 32.5. The zero-order valence-corrected chi connectivity index (χ0v) is 28.4. The molecule has 2 heterocycles. The molecule has 0 bridgehead atoms. The predicted octanol–water partition coefficient (Wildman–Crippen LogP) is 8.34. The maximum Gasteiger partial charge on any atom is 0.120 e. The van der Waals surface area contributed by atoms with Crippen molar-refractivity contribution < 1.29 is 28.8 Å². The summed E-state index contributed by atoms with van der Waals surface area (Å²) >= 11 is 0. The fourth-order valence-electron chi connectivity index (χ4n) is 5.93. The molecule has 1 aliphatic carbocycles. The van der Waals surface area contributed by atoms with Crippen LogP contribution in [0.25, 0.3) is 0 Å². The summed E-state index contributed by atoms with van der Waals surface area (Å²) in [6.07, 6.45) is 7.21. The number of aliphatic hydroxyl groups is 1. The summed E-state index contributed by atoms with van der Waals surface area (Å²) in [4.78, 5) is 0. The molecule has 6 rings (SSSR count). The van der Waals surface area contributed by atoms with Gasteiger partial charge in [-0.25, -0.2) is 0 Å². The van der Waals surface area contributed by atoms with Gasteiger partial charge in [-0.05, 0) is 119 Å². The number of ether oxygens (including phenoxy) is 5. The van der Waals surface area contributed by atoms with E-state index in [1.54, 1.807) is 7.11 Å². The molecule has 3 unspecified atom stereocenters. The molecule has 3 aliphatic rings. The summed E-state index contributed by atoms with van der Waals surface area (Å²) in [5.74, 6) is 2.63. The first-order valence-electron chi connectivity index (χ1n) is 16.6. The molecule has 3 aromatic rings. The van der Waals surface area contributed by atoms with Crippen LogP contribution in [0.3, 0.4) is 0 Å². The van der Waals surface area contributed by atoms with Gasteiger partial charge in [0.2, 0.25) is 0 Å². The van der Waals surface area contributed by atoms with E-state index >= 15 is 0 Å². The van der Waals surface area contributed by atoms with Gasteiger partial charge >= 0.3 is 0 Å². The number of hydrogen-bond donors (Lipinski definition) is 1. The first kappa shape index (κ1) is 36.6. The molecule has 2 aliphatic heterocycles. The van der Waals surface area contributed by atoms with Gasteiger partial charge in [-0.1, -0.05) is 48.5 Å². The van der Waals surface area contributed by atoms with Crippen molar-refractivity contribution in [1.82, 2.24) is 0 Å². The van der Waals surface area contributed by atoms with Crippen LogP contribution in [-0.4, -0.2) is 64.1 Å². The van der Waals surface area contributed by atoms with E-state index in [0.29, 0.717) is 18.4 Å². The smallest absolute Gasteiger partial charge is 0.120 e. The Hall–Kier alpha value is -2.90. The molecule has 0 aromatic heterocycles. The number of fused-ring (bicyclic) bond motifs is 1. The van der Waals surface area contributed by atoms with E-state index in [9.17, 15) is 0 Å². The molecule has 3 atom stereocenters. The van der Waals surface area contributed by atoms with E-state index in [1.807, 2.05) is 6.92 Å². The maximum atomic E-state index is 7.00. The molecule has 0 radical (unpaired) electrons. The first-order valence-corrected chi connectivity index (χ1v) is 16.6. The van der Waals surface area contributed by atoms with Crippen molar-refractivity contribution in [3.8, 4) is 11.5 Å². The molecule has 6 heteroatoms. The maximum absolute atomic E-state index is 7.00. The highest BCUT2D eigenvalue weighted by Crippen LogP contribution is 2.47. The van der Waals surface area contributed by atoms with Gasteiger partial charge in [0.05, 0.1) is 6.10 Å². The van der Waals surface area contributed by atoms with Crippen LogP contribution in [0.5, 0.6) is 11.5 Å². The highest BCUT2D eigenvalue weighted by molar-refractivity contribution is 5.48. The van der Waals surface area contributed by atoms with Crippen molar-refractivity contribution in [1.29, 1.82) is 0 Å². The monoisotopic (exact) mass is 620 g/mol. The zero-order valence-electron chi connectivity index (χ0n) is 28.4. The number of methoxy groups -OCH3 is 1. The van der Waals surface area contributed by atoms with E-state index in [2.05, 4.69) is 98.3 Å². The average Bonchev–Trinajstić information content (AvgIpc) is 3.82. The molecule has 0 spiro atoms. The normalized spacial score (nSPS) is 20.3. The van der Waals surface area contributed by atoms with Crippen LogP contribution in [0.15, 0.2) is 72.8 Å². The number of rotatable bonds is 7. The largest absolute Gasteiger partial charge is 0.491 e. The summed E-state index contributed by atoms with van der Waals surface area (Å²) < 4.78 is 27.4. The summed E-state index contributed by atoms with van der Waals surface area (Å²) in [5, 5.41) is 7.00. The topological polar surface area (TPSA) is 66.4 Å². The summed E-state index contributed by atoms with van der Waals surface area (Å²) in [6, 6.07) is 26.4. The number of benzene rings is 3. The lowest BCUT2D eigenvalue weighted by Gasteiger charge is -2.35. The molecule has 0 saturated carbocycles. The van der Waals surface area contributed by atoms with Gasteiger partial charge in [-0.2, -0.15) is 0 Å². The highest BCUT2D eigenvalue weighted by atomic mass is 16.5. The quantitative estimate of drug-likeness (QED) is 0.286. The molecule has 45 heavy (non-hydrogen) atoms. The molecular weight excluding hydrogens is 564 g/mol. The Balaban J connectivity index is 0.000000432. The molecular formula is C39H56O6. The summed E-state index contributed by atoms with van der Waals surface area (Å²) in [5.41, 5.74) is 5.36. The lowest BCUT2D eigenvalue weighted by molar-refractivity contribution is 0.0679. The molecule has 6 nitrogen and oxygen atoms in total. The Bertz CT molecular complexity index is 1180. The van der Waals surface area contributed by atoms with Crippen LogP contribution in [0.2, 0.25) is 0 Å². The van der Waals surface area contributed by atoms with Crippen molar-refractivity contribution in [3.05, 3.63) is 95.1 Å². The molecule has 2 fully saturated rings. The van der Waals surface area contributed by atoms with Gasteiger partial charge in [0, 0.05) is 46.6 Å². The summed E-state index contributed by atoms with van der Waals surface area (Å²) in [7, 11) is 2.68. The lowest BCUT2D eigenvalue weighted by Crippen LogP contribution is -2.24. The van der Waals surface area contributed by atoms with Crippen LogP contribution < -0.4 is 9.47 Å². The third-order valence-electron chi connectivity index (χ3n) is 8.04. The molecule has 3 aromatic carbocycles. The summed E-state index contributed by atoms with van der Waals surface area (Å²) in [6.45, 7) is 12.6. The van der Waals surface area contributed by atoms with E-state index in [4.69, 9.17) is 24.1 Å². The van der Waals surface area contributed by atoms with Crippen molar-refractivity contribution in [2.45, 2.75) is 89.8 Å². The van der Waals surface area contributed by atoms with Crippen LogP contribution in [0.4, 0.5) is 0 Å². The standard InChI is InChI=1S/C31H36O3.C4H8O.C3H8O.CH4O/c1-31(2,3)34-26-16-18-29-24(20-26)13-17-28(22-8-5-4-6-9-22)30(29)23-11-14-25(15-12-23)33-21-27-10-7-19-32-27;1-2-4-5-3-1;1-3-4-2;1-2/h4-6,8-9,11-12,14-16,18,20,27-28,30H,7,10,13,17,19,21H2,1-3H3;1-4H2;3H2,1-2H3;2H,1H3. The van der Waals surface area contributed by atoms with E-state index in [1.165, 1.54) is 35.1 Å². The Morgan fingerprint density at radius 2 is 1.47 bits per heavy atom. The van der Waals surface area contributed by atoms with Crippen LogP contribution in [0, 0.1) is 0 Å². The molecule has 1 N–H and O–H groups in total. The van der Waals surface area contributed by atoms with Gasteiger partial charge in [-0.3, -0.25) is 0 Å². The van der Waals surface area contributed by atoms with Gasteiger partial charge < -0.3 is 28.8 Å². The second kappa shape index (κ2) is 19.6. The van der Waals surface area contributed by atoms with Crippen molar-refractivity contribution in [2.24, 2.45) is 0 Å². The second-order valence-electron chi connectivity index (χ2n) is 12.5. The van der Waals surface area contributed by atoms with Crippen LogP contribution in [-0.2, 0) is 20.6 Å². The Kier molecular flexibility index (Phi) is 15.9. The van der Waals surface area contributed by atoms with Gasteiger partial charge in [0.25, 0.3) is 0 Å². The Morgan fingerprint density at radius 3 is 2.02 bits per heavy atom. The third kappa shape index (κ3) is 12.1. The number of aliphatic hydroxyl groups excluding tert-OH is 1. The second-order valence-corrected chi connectivity index (χ2v) is 12.5. The van der Waals surface area contributed by atoms with E-state index < -0.39 is 0 Å². The SMILES string of the molecule is C1CCOC1.CC(C)(C)Oc1ccc2c(c1)CCC(c1ccccc1)C2c1ccc(OCC2CCCO2)cc1.CCOC.CO. The van der Waals surface area contributed by atoms with Crippen molar-refractivity contribution >= 4 is 0 Å². The van der Waals surface area contributed by atoms with E-state index in [-0.39, 0.29) is 11.7 Å². The lowest BCUT2D eigenvalue weighted by atomic mass is 9.69. The molecule has 0 amide bonds. The number of aryl methyl sites for hydroxylation is 1. The highest BCUT2D eigenvalue weighted by Gasteiger charge is 2.32. The van der Waals surface area contributed by atoms with Crippen LogP contribution >= 0.6 is 0 Å². The minimum absolute atomic E-state index is 0.200. The Labute approximate surface area is 272 Å². The minimum atomic E-state index is -0.200. The minimum Gasteiger partial charge on any atom is -0.491 e. The van der Waals surface area contributed by atoms with Gasteiger partial charge in [0.15, 0.2) is 0 Å². The van der Waals surface area contributed by atoms with Crippen molar-refractivity contribution in [2.75, 3.05) is 47.3 Å². The Morgan fingerprint density at radius 1 is 0.800 bits per heavy atom. The fourth-order valence-corrected chi connectivity index (χ4v) is 5.93. The van der Waals surface area contributed by atoms with Crippen molar-refractivity contribution in [3.63, 3.8) is 0 Å². The van der Waals surface area contributed by atoms with Gasteiger partial charge in [0.1, 0.15) is 23.7 Å². The third-order valence-corrected chi connectivity index (χ3v) is 8.04. The van der Waals surface area contributed by atoms with Gasteiger partial charge in [-0.15, -0.1) is 0 Å². The molecule has 2 saturated heterocycles. The average molecular weight is 621 g/mol. The van der Waals surface area contributed by atoms with E-state index in [0.717, 1.165) is 70.7 Å². The number of hydrogen-bond acceptors (Lipinski definition) is 6. The molecule has 248 valence electrons.